The number of hydrogen-bond acceptors (Lipinski definition) is 2. The average molecular weight is 334 g/mol. The second-order valence-electron chi connectivity index (χ2n) is 4.77. The number of hydrogen-bond donors (Lipinski definition) is 1. The third-order valence-corrected chi connectivity index (χ3v) is 3.89. The molecule has 0 fully saturated rings. The van der Waals surface area contributed by atoms with Crippen LogP contribution in [-0.2, 0) is 0 Å². The van der Waals surface area contributed by atoms with Gasteiger partial charge in [-0.05, 0) is 48.4 Å². The van der Waals surface area contributed by atoms with Crippen LogP contribution in [0.15, 0.2) is 46.9 Å². The van der Waals surface area contributed by atoms with Crippen molar-refractivity contribution in [2.24, 2.45) is 0 Å². The average Bonchev–Trinajstić information content (AvgIpc) is 2.46. The monoisotopic (exact) mass is 333 g/mol. The van der Waals surface area contributed by atoms with Gasteiger partial charge in [-0.1, -0.05) is 47.1 Å². The third kappa shape index (κ3) is 3.41. The van der Waals surface area contributed by atoms with Crippen molar-refractivity contribution in [2.45, 2.75) is 19.9 Å². The molecular formula is C17H20BrNO. The maximum absolute atomic E-state index is 5.33. The van der Waals surface area contributed by atoms with E-state index < -0.39 is 0 Å². The van der Waals surface area contributed by atoms with Gasteiger partial charge in [0.1, 0.15) is 5.75 Å². The number of aryl methyl sites for hydroxylation is 1. The van der Waals surface area contributed by atoms with Gasteiger partial charge in [0.25, 0.3) is 0 Å². The van der Waals surface area contributed by atoms with Crippen molar-refractivity contribution < 1.29 is 4.74 Å². The summed E-state index contributed by atoms with van der Waals surface area (Å²) in [5, 5.41) is 3.54. The summed E-state index contributed by atoms with van der Waals surface area (Å²) in [6.45, 7) is 5.13. The van der Waals surface area contributed by atoms with Crippen molar-refractivity contribution in [3.8, 4) is 5.75 Å². The van der Waals surface area contributed by atoms with E-state index in [1.54, 1.807) is 7.11 Å². The molecular weight excluding hydrogens is 314 g/mol. The zero-order valence-corrected chi connectivity index (χ0v) is 13.7. The molecule has 1 N–H and O–H groups in total. The molecule has 0 heterocycles. The molecule has 2 aromatic carbocycles. The van der Waals surface area contributed by atoms with Crippen LogP contribution in [0.25, 0.3) is 0 Å². The van der Waals surface area contributed by atoms with Gasteiger partial charge in [0.15, 0.2) is 0 Å². The fraction of sp³-hybridized carbons (Fsp3) is 0.294. The molecule has 3 heteroatoms. The molecule has 1 unspecified atom stereocenters. The van der Waals surface area contributed by atoms with Crippen LogP contribution in [0.2, 0.25) is 0 Å². The van der Waals surface area contributed by atoms with Crippen LogP contribution in [0.4, 0.5) is 0 Å². The molecule has 0 bridgehead atoms. The van der Waals surface area contributed by atoms with Crippen molar-refractivity contribution in [1.29, 1.82) is 0 Å². The van der Waals surface area contributed by atoms with Crippen molar-refractivity contribution in [1.82, 2.24) is 5.32 Å². The lowest BCUT2D eigenvalue weighted by molar-refractivity contribution is 0.411. The quantitative estimate of drug-likeness (QED) is 0.871. The molecule has 1 atom stereocenters. The molecule has 2 aromatic rings. The van der Waals surface area contributed by atoms with Crippen molar-refractivity contribution in [2.75, 3.05) is 13.7 Å². The number of rotatable bonds is 5. The Morgan fingerprint density at radius 1 is 1.10 bits per heavy atom. The molecule has 0 aliphatic carbocycles. The van der Waals surface area contributed by atoms with Gasteiger partial charge in [-0.2, -0.15) is 0 Å². The van der Waals surface area contributed by atoms with E-state index in [4.69, 9.17) is 4.74 Å². The Labute approximate surface area is 129 Å². The molecule has 0 spiro atoms. The molecule has 0 saturated carbocycles. The number of nitrogens with one attached hydrogen (secondary N) is 1. The largest absolute Gasteiger partial charge is 0.496 e. The molecule has 2 nitrogen and oxygen atoms in total. The van der Waals surface area contributed by atoms with E-state index in [0.29, 0.717) is 0 Å². The Hall–Kier alpha value is -1.32. The van der Waals surface area contributed by atoms with E-state index in [-0.39, 0.29) is 6.04 Å². The maximum atomic E-state index is 5.33. The molecule has 0 aromatic heterocycles. The summed E-state index contributed by atoms with van der Waals surface area (Å²) in [6.07, 6.45) is 0. The topological polar surface area (TPSA) is 21.3 Å². The number of ether oxygens (including phenoxy) is 1. The summed E-state index contributed by atoms with van der Waals surface area (Å²) in [5.41, 5.74) is 3.68. The molecule has 0 radical (unpaired) electrons. The normalized spacial score (nSPS) is 12.2. The summed E-state index contributed by atoms with van der Waals surface area (Å²) in [4.78, 5) is 0. The van der Waals surface area contributed by atoms with E-state index in [1.807, 2.05) is 6.07 Å². The van der Waals surface area contributed by atoms with Gasteiger partial charge in [-0.15, -0.1) is 0 Å². The van der Waals surface area contributed by atoms with Crippen LogP contribution in [0, 0.1) is 6.92 Å². The lowest BCUT2D eigenvalue weighted by Gasteiger charge is -2.20. The predicted molar refractivity (Wildman–Crippen MR) is 87.4 cm³/mol. The first-order valence-corrected chi connectivity index (χ1v) is 7.58. The summed E-state index contributed by atoms with van der Waals surface area (Å²) in [6, 6.07) is 15.0. The molecule has 20 heavy (non-hydrogen) atoms. The second kappa shape index (κ2) is 6.91. The van der Waals surface area contributed by atoms with Gasteiger partial charge in [0, 0.05) is 4.47 Å². The number of halogens is 1. The molecule has 2 rings (SSSR count). The Morgan fingerprint density at radius 3 is 2.30 bits per heavy atom. The van der Waals surface area contributed by atoms with Gasteiger partial charge in [-0.25, -0.2) is 0 Å². The highest BCUT2D eigenvalue weighted by atomic mass is 79.9. The summed E-state index contributed by atoms with van der Waals surface area (Å²) in [7, 11) is 1.71. The Bertz CT molecular complexity index is 566. The molecule has 0 saturated heterocycles. The summed E-state index contributed by atoms with van der Waals surface area (Å²) in [5.74, 6) is 0.930. The third-order valence-electron chi connectivity index (χ3n) is 3.36. The van der Waals surface area contributed by atoms with Crippen molar-refractivity contribution >= 4 is 15.9 Å². The van der Waals surface area contributed by atoms with E-state index in [1.165, 1.54) is 11.1 Å². The van der Waals surface area contributed by atoms with Crippen molar-refractivity contribution in [3.63, 3.8) is 0 Å². The number of methoxy groups -OCH3 is 1. The minimum absolute atomic E-state index is 0.206. The highest BCUT2D eigenvalue weighted by Crippen LogP contribution is 2.27. The number of benzene rings is 2. The van der Waals surface area contributed by atoms with Crippen LogP contribution < -0.4 is 10.1 Å². The van der Waals surface area contributed by atoms with Crippen LogP contribution in [-0.4, -0.2) is 13.7 Å². The Balaban J connectivity index is 2.37. The highest BCUT2D eigenvalue weighted by molar-refractivity contribution is 9.10. The van der Waals surface area contributed by atoms with Gasteiger partial charge >= 0.3 is 0 Å². The molecule has 106 valence electrons. The predicted octanol–water partition coefficient (Wildman–Crippen LogP) is 4.47. The first-order valence-electron chi connectivity index (χ1n) is 6.79. The van der Waals surface area contributed by atoms with Crippen LogP contribution in [0.3, 0.4) is 0 Å². The first kappa shape index (κ1) is 15.1. The fourth-order valence-electron chi connectivity index (χ4n) is 2.37. The van der Waals surface area contributed by atoms with Crippen LogP contribution >= 0.6 is 15.9 Å². The Kier molecular flexibility index (Phi) is 5.21. The minimum atomic E-state index is 0.206. The summed E-state index contributed by atoms with van der Waals surface area (Å²) >= 11 is 3.48. The van der Waals surface area contributed by atoms with E-state index in [0.717, 1.165) is 22.3 Å². The van der Waals surface area contributed by atoms with E-state index >= 15 is 0 Å². The van der Waals surface area contributed by atoms with Crippen molar-refractivity contribution in [3.05, 3.63) is 63.6 Å². The first-order chi connectivity index (χ1) is 9.65. The zero-order valence-electron chi connectivity index (χ0n) is 12.1. The van der Waals surface area contributed by atoms with Crippen LogP contribution in [0.1, 0.15) is 29.7 Å². The van der Waals surface area contributed by atoms with Gasteiger partial charge < -0.3 is 10.1 Å². The van der Waals surface area contributed by atoms with Gasteiger partial charge in [0.2, 0.25) is 0 Å². The highest BCUT2D eigenvalue weighted by Gasteiger charge is 2.14. The fourth-order valence-corrected chi connectivity index (χ4v) is 2.63. The standard InChI is InChI=1S/C17H20BrNO/c1-4-19-17(13-5-8-15(18)9-6-13)14-7-10-16(20-3)12(2)11-14/h5-11,17,19H,4H2,1-3H3. The lowest BCUT2D eigenvalue weighted by Crippen LogP contribution is -2.22. The maximum Gasteiger partial charge on any atom is 0.121 e. The molecule has 0 amide bonds. The van der Waals surface area contributed by atoms with E-state index in [2.05, 4.69) is 71.5 Å². The minimum Gasteiger partial charge on any atom is -0.496 e. The summed E-state index contributed by atoms with van der Waals surface area (Å²) < 4.78 is 6.43. The Morgan fingerprint density at radius 2 is 1.75 bits per heavy atom. The molecule has 0 aliphatic rings. The zero-order chi connectivity index (χ0) is 14.5. The van der Waals surface area contributed by atoms with Gasteiger partial charge in [0.05, 0.1) is 13.2 Å². The van der Waals surface area contributed by atoms with Crippen LogP contribution in [0.5, 0.6) is 5.75 Å². The smallest absolute Gasteiger partial charge is 0.121 e. The molecule has 0 aliphatic heterocycles. The second-order valence-corrected chi connectivity index (χ2v) is 5.69. The lowest BCUT2D eigenvalue weighted by atomic mass is 9.97. The van der Waals surface area contributed by atoms with Gasteiger partial charge in [-0.3, -0.25) is 0 Å². The van der Waals surface area contributed by atoms with E-state index in [9.17, 15) is 0 Å². The SMILES string of the molecule is CCNC(c1ccc(Br)cc1)c1ccc(OC)c(C)c1.